The third-order valence-electron chi connectivity index (χ3n) is 1.64. The molecule has 0 aromatic carbocycles. The maximum Gasteiger partial charge on any atom is 0.355 e. The highest BCUT2D eigenvalue weighted by Gasteiger charge is 2.13. The zero-order valence-electron chi connectivity index (χ0n) is 6.39. The molecule has 68 valence electrons. The van der Waals surface area contributed by atoms with Crippen LogP contribution in [0.4, 0.5) is 8.78 Å². The Balaban J connectivity index is 2.82. The van der Waals surface area contributed by atoms with Gasteiger partial charge < -0.3 is 0 Å². The van der Waals surface area contributed by atoms with Crippen molar-refractivity contribution < 1.29 is 8.78 Å². The highest BCUT2D eigenvalue weighted by atomic mass is 19.3. The van der Waals surface area contributed by atoms with Crippen LogP contribution in [0.1, 0.15) is 6.55 Å². The number of fused-ring (bicyclic) bond motifs is 1. The Morgan fingerprint density at radius 3 is 2.77 bits per heavy atom. The minimum absolute atomic E-state index is 0.148. The van der Waals surface area contributed by atoms with Gasteiger partial charge in [-0.25, -0.2) is 4.79 Å². The van der Waals surface area contributed by atoms with E-state index in [0.29, 0.717) is 0 Å². The molecule has 0 saturated heterocycles. The van der Waals surface area contributed by atoms with Crippen LogP contribution >= 0.6 is 0 Å². The summed E-state index contributed by atoms with van der Waals surface area (Å²) < 4.78 is 25.5. The quantitative estimate of drug-likeness (QED) is 0.661. The van der Waals surface area contributed by atoms with Gasteiger partial charge in [-0.2, -0.15) is 8.78 Å². The molecule has 0 aliphatic heterocycles. The third kappa shape index (κ3) is 1.10. The maximum atomic E-state index is 12.2. The van der Waals surface area contributed by atoms with Crippen LogP contribution in [-0.4, -0.2) is 14.2 Å². The normalized spacial score (nSPS) is 11.3. The van der Waals surface area contributed by atoms with Crippen molar-refractivity contribution in [1.82, 2.24) is 14.2 Å². The van der Waals surface area contributed by atoms with E-state index >= 15 is 0 Å². The summed E-state index contributed by atoms with van der Waals surface area (Å²) in [5.41, 5.74) is -0.613. The lowest BCUT2D eigenvalue weighted by atomic mass is 10.5. The molecule has 2 rings (SSSR count). The number of hydrogen-bond acceptors (Lipinski definition) is 2. The fourth-order valence-corrected chi connectivity index (χ4v) is 1.07. The Labute approximate surface area is 71.0 Å². The van der Waals surface area contributed by atoms with Gasteiger partial charge in [-0.3, -0.25) is 4.40 Å². The van der Waals surface area contributed by atoms with Gasteiger partial charge >= 0.3 is 12.2 Å². The number of halogens is 2. The summed E-state index contributed by atoms with van der Waals surface area (Å²) in [6.07, 6.45) is 1.39. The fraction of sp³-hybridized carbons (Fsp3) is 0.143. The van der Waals surface area contributed by atoms with Crippen LogP contribution in [0.5, 0.6) is 0 Å². The second-order valence-electron chi connectivity index (χ2n) is 2.43. The summed E-state index contributed by atoms with van der Waals surface area (Å²) in [5.74, 6) is 0. The van der Waals surface area contributed by atoms with Gasteiger partial charge in [-0.15, -0.1) is 9.78 Å². The Hall–Kier alpha value is -1.72. The summed E-state index contributed by atoms with van der Waals surface area (Å²) in [6, 6.07) is 4.68. The van der Waals surface area contributed by atoms with Gasteiger partial charge in [0.15, 0.2) is 5.65 Å². The van der Waals surface area contributed by atoms with Crippen molar-refractivity contribution in [3.05, 3.63) is 34.9 Å². The van der Waals surface area contributed by atoms with Gasteiger partial charge in [-0.05, 0) is 12.1 Å². The molecule has 0 fully saturated rings. The first-order valence-corrected chi connectivity index (χ1v) is 3.54. The largest absolute Gasteiger partial charge is 0.355 e. The molecule has 0 spiro atoms. The van der Waals surface area contributed by atoms with Gasteiger partial charge in [0.05, 0.1) is 0 Å². The smallest absolute Gasteiger partial charge is 0.250 e. The molecule has 0 atom stereocenters. The van der Waals surface area contributed by atoms with Gasteiger partial charge in [-0.1, -0.05) is 6.07 Å². The highest BCUT2D eigenvalue weighted by molar-refractivity contribution is 5.35. The molecule has 0 N–H and O–H groups in total. The predicted octanol–water partition coefficient (Wildman–Crippen LogP) is 0.891. The summed E-state index contributed by atoms with van der Waals surface area (Å²) in [6.45, 7) is -2.90. The Morgan fingerprint density at radius 2 is 2.15 bits per heavy atom. The van der Waals surface area contributed by atoms with Crippen molar-refractivity contribution in [2.75, 3.05) is 0 Å². The van der Waals surface area contributed by atoms with Crippen LogP contribution < -0.4 is 5.69 Å². The number of hydrogen-bond donors (Lipinski definition) is 0. The summed E-state index contributed by atoms with van der Waals surface area (Å²) >= 11 is 0. The molecule has 4 nitrogen and oxygen atoms in total. The lowest BCUT2D eigenvalue weighted by Crippen LogP contribution is -2.21. The number of alkyl halides is 2. The Bertz CT molecular complexity index is 488. The zero-order valence-corrected chi connectivity index (χ0v) is 6.39. The van der Waals surface area contributed by atoms with Crippen LogP contribution in [0.3, 0.4) is 0 Å². The van der Waals surface area contributed by atoms with Crippen LogP contribution in [0, 0.1) is 0 Å². The van der Waals surface area contributed by atoms with Crippen molar-refractivity contribution >= 4 is 5.65 Å². The van der Waals surface area contributed by atoms with E-state index in [1.807, 2.05) is 0 Å². The van der Waals surface area contributed by atoms with E-state index in [1.165, 1.54) is 12.3 Å². The zero-order chi connectivity index (χ0) is 9.42. The SMILES string of the molecule is O=c1n(C(F)F)nc2ccccn12. The van der Waals surface area contributed by atoms with Gasteiger partial charge in [0, 0.05) is 6.20 Å². The van der Waals surface area contributed by atoms with Crippen LogP contribution in [0.25, 0.3) is 5.65 Å². The van der Waals surface area contributed by atoms with Crippen molar-refractivity contribution in [3.8, 4) is 0 Å². The monoisotopic (exact) mass is 185 g/mol. The second-order valence-corrected chi connectivity index (χ2v) is 2.43. The summed E-state index contributed by atoms with van der Waals surface area (Å²) in [4.78, 5) is 11.2. The van der Waals surface area contributed by atoms with Crippen LogP contribution in [0.15, 0.2) is 29.2 Å². The second kappa shape index (κ2) is 2.65. The maximum absolute atomic E-state index is 12.2. The molecule has 2 aromatic rings. The molecule has 6 heteroatoms. The average Bonchev–Trinajstić information content (AvgIpc) is 2.45. The topological polar surface area (TPSA) is 39.3 Å². The minimum Gasteiger partial charge on any atom is -0.250 e. The molecular weight excluding hydrogens is 180 g/mol. The van der Waals surface area contributed by atoms with Crippen molar-refractivity contribution in [3.63, 3.8) is 0 Å². The Morgan fingerprint density at radius 1 is 1.38 bits per heavy atom. The molecule has 0 aliphatic rings. The fourth-order valence-electron chi connectivity index (χ4n) is 1.07. The van der Waals surface area contributed by atoms with E-state index in [1.54, 1.807) is 12.1 Å². The first kappa shape index (κ1) is 7.90. The molecule has 2 aromatic heterocycles. The lowest BCUT2D eigenvalue weighted by Gasteiger charge is -1.91. The predicted molar refractivity (Wildman–Crippen MR) is 40.7 cm³/mol. The minimum atomic E-state index is -2.90. The molecule has 13 heavy (non-hydrogen) atoms. The van der Waals surface area contributed by atoms with E-state index in [9.17, 15) is 13.6 Å². The molecule has 2 heterocycles. The molecular formula is C7H5F2N3O. The number of pyridine rings is 1. The molecule has 0 aliphatic carbocycles. The molecule has 0 saturated carbocycles. The number of aromatic nitrogens is 3. The summed E-state index contributed by atoms with van der Waals surface area (Å²) in [5, 5.41) is 3.43. The van der Waals surface area contributed by atoms with E-state index in [4.69, 9.17) is 0 Å². The van der Waals surface area contributed by atoms with E-state index in [-0.39, 0.29) is 10.3 Å². The van der Waals surface area contributed by atoms with E-state index in [0.717, 1.165) is 4.40 Å². The summed E-state index contributed by atoms with van der Waals surface area (Å²) in [7, 11) is 0. The number of rotatable bonds is 1. The lowest BCUT2D eigenvalue weighted by molar-refractivity contribution is 0.0528. The molecule has 0 radical (unpaired) electrons. The first-order chi connectivity index (χ1) is 6.20. The first-order valence-electron chi connectivity index (χ1n) is 3.54. The van der Waals surface area contributed by atoms with E-state index in [2.05, 4.69) is 5.10 Å². The Kier molecular flexibility index (Phi) is 1.61. The van der Waals surface area contributed by atoms with Crippen molar-refractivity contribution in [2.24, 2.45) is 0 Å². The van der Waals surface area contributed by atoms with Gasteiger partial charge in [0.1, 0.15) is 0 Å². The van der Waals surface area contributed by atoms with E-state index < -0.39 is 12.2 Å². The van der Waals surface area contributed by atoms with Crippen LogP contribution in [-0.2, 0) is 0 Å². The van der Waals surface area contributed by atoms with Crippen molar-refractivity contribution in [2.45, 2.75) is 6.55 Å². The highest BCUT2D eigenvalue weighted by Crippen LogP contribution is 2.05. The third-order valence-corrected chi connectivity index (χ3v) is 1.64. The number of nitrogens with zero attached hydrogens (tertiary/aromatic N) is 3. The van der Waals surface area contributed by atoms with Gasteiger partial charge in [0.25, 0.3) is 0 Å². The molecule has 0 amide bonds. The van der Waals surface area contributed by atoms with Crippen molar-refractivity contribution in [1.29, 1.82) is 0 Å². The standard InChI is InChI=1S/C7H5F2N3O/c8-6(9)12-7(13)11-4-2-1-3-5(11)10-12/h1-4,6H. The molecule has 0 unspecified atom stereocenters. The van der Waals surface area contributed by atoms with Crippen LogP contribution in [0.2, 0.25) is 0 Å². The molecule has 0 bridgehead atoms. The average molecular weight is 185 g/mol. The van der Waals surface area contributed by atoms with Gasteiger partial charge in [0.2, 0.25) is 0 Å².